The summed E-state index contributed by atoms with van der Waals surface area (Å²) in [5.41, 5.74) is 2.32. The van der Waals surface area contributed by atoms with E-state index in [-0.39, 0.29) is 6.03 Å². The van der Waals surface area contributed by atoms with E-state index in [0.29, 0.717) is 6.54 Å². The van der Waals surface area contributed by atoms with Crippen LogP contribution in [0.1, 0.15) is 10.6 Å². The van der Waals surface area contributed by atoms with E-state index in [1.54, 1.807) is 11.3 Å². The Morgan fingerprint density at radius 1 is 1.00 bits per heavy atom. The molecule has 4 rings (SSSR count). The normalized spacial score (nSPS) is 15.3. The molecule has 2 heterocycles. The number of amides is 2. The Balaban J connectivity index is 1.25. The van der Waals surface area contributed by atoms with Crippen molar-refractivity contribution in [2.24, 2.45) is 0 Å². The van der Waals surface area contributed by atoms with Crippen molar-refractivity contribution < 1.29 is 4.79 Å². The molecule has 26 heavy (non-hydrogen) atoms. The van der Waals surface area contributed by atoms with Crippen LogP contribution in [0.5, 0.6) is 0 Å². The lowest BCUT2D eigenvalue weighted by atomic mass is 10.2. The lowest BCUT2D eigenvalue weighted by Gasteiger charge is -2.34. The second-order valence-corrected chi connectivity index (χ2v) is 7.60. The third-order valence-corrected chi connectivity index (χ3v) is 5.67. The van der Waals surface area contributed by atoms with Crippen LogP contribution in [-0.2, 0) is 13.1 Å². The van der Waals surface area contributed by atoms with Gasteiger partial charge in [0.2, 0.25) is 0 Å². The number of urea groups is 1. The molecule has 5 nitrogen and oxygen atoms in total. The van der Waals surface area contributed by atoms with Crippen molar-refractivity contribution in [1.29, 1.82) is 0 Å². The van der Waals surface area contributed by atoms with Crippen molar-refractivity contribution in [2.45, 2.75) is 13.1 Å². The second kappa shape index (κ2) is 7.85. The minimum atomic E-state index is 0.00335. The fraction of sp³-hybridized carbons (Fsp3) is 0.300. The molecule has 1 aliphatic rings. The number of hydrogen-bond acceptors (Lipinski definition) is 4. The van der Waals surface area contributed by atoms with Gasteiger partial charge in [-0.25, -0.2) is 9.78 Å². The molecule has 2 aromatic carbocycles. The molecule has 134 valence electrons. The first-order valence-corrected chi connectivity index (χ1v) is 9.73. The molecule has 0 unspecified atom stereocenters. The number of carbonyl (C=O) groups is 1. The van der Waals surface area contributed by atoms with Gasteiger partial charge < -0.3 is 10.2 Å². The van der Waals surface area contributed by atoms with E-state index in [4.69, 9.17) is 0 Å². The zero-order valence-corrected chi connectivity index (χ0v) is 15.4. The first-order chi connectivity index (χ1) is 12.8. The molecule has 0 aliphatic carbocycles. The van der Waals surface area contributed by atoms with E-state index >= 15 is 0 Å². The zero-order chi connectivity index (χ0) is 17.8. The fourth-order valence-electron chi connectivity index (χ4n) is 3.21. The van der Waals surface area contributed by atoms with Gasteiger partial charge in [-0.1, -0.05) is 42.5 Å². The SMILES string of the molecule is O=C(NCc1nc2ccccc2s1)N1CCN(Cc2ccccc2)CC1. The van der Waals surface area contributed by atoms with Gasteiger partial charge in [0, 0.05) is 32.7 Å². The highest BCUT2D eigenvalue weighted by Crippen LogP contribution is 2.21. The predicted molar refractivity (Wildman–Crippen MR) is 105 cm³/mol. The Labute approximate surface area is 157 Å². The molecule has 3 aromatic rings. The van der Waals surface area contributed by atoms with E-state index < -0.39 is 0 Å². The maximum Gasteiger partial charge on any atom is 0.317 e. The Bertz CT molecular complexity index is 839. The Morgan fingerprint density at radius 2 is 1.73 bits per heavy atom. The van der Waals surface area contributed by atoms with E-state index in [2.05, 4.69) is 45.5 Å². The first kappa shape index (κ1) is 17.0. The summed E-state index contributed by atoms with van der Waals surface area (Å²) >= 11 is 1.63. The molecule has 0 saturated carbocycles. The molecule has 0 radical (unpaired) electrons. The average molecular weight is 366 g/mol. The number of rotatable bonds is 4. The number of benzene rings is 2. The maximum atomic E-state index is 12.4. The number of aromatic nitrogens is 1. The summed E-state index contributed by atoms with van der Waals surface area (Å²) in [6.45, 7) is 4.77. The van der Waals surface area contributed by atoms with Crippen LogP contribution in [0.15, 0.2) is 54.6 Å². The van der Waals surface area contributed by atoms with E-state index in [9.17, 15) is 4.79 Å². The molecule has 1 aromatic heterocycles. The third-order valence-electron chi connectivity index (χ3n) is 4.64. The minimum absolute atomic E-state index is 0.00335. The number of para-hydroxylation sites is 1. The molecule has 1 N–H and O–H groups in total. The molecular formula is C20H22N4OS. The number of nitrogens with one attached hydrogen (secondary N) is 1. The van der Waals surface area contributed by atoms with Crippen molar-refractivity contribution in [3.63, 3.8) is 0 Å². The number of hydrogen-bond donors (Lipinski definition) is 1. The molecular weight excluding hydrogens is 344 g/mol. The van der Waals surface area contributed by atoms with Crippen LogP contribution < -0.4 is 5.32 Å². The molecule has 1 aliphatic heterocycles. The standard InChI is InChI=1S/C20H22N4OS/c25-20(21-14-19-22-17-8-4-5-9-18(17)26-19)24-12-10-23(11-13-24)15-16-6-2-1-3-7-16/h1-9H,10-15H2,(H,21,25). The summed E-state index contributed by atoms with van der Waals surface area (Å²) in [7, 11) is 0. The van der Waals surface area contributed by atoms with Crippen LogP contribution in [0.3, 0.4) is 0 Å². The van der Waals surface area contributed by atoms with Gasteiger partial charge in [-0.05, 0) is 17.7 Å². The molecule has 1 saturated heterocycles. The van der Waals surface area contributed by atoms with Crippen molar-refractivity contribution in [2.75, 3.05) is 26.2 Å². The smallest absolute Gasteiger partial charge is 0.317 e. The molecule has 0 atom stereocenters. The van der Waals surface area contributed by atoms with Gasteiger partial charge in [-0.3, -0.25) is 4.90 Å². The van der Waals surface area contributed by atoms with Crippen molar-refractivity contribution in [1.82, 2.24) is 20.1 Å². The van der Waals surface area contributed by atoms with Crippen molar-refractivity contribution in [3.05, 3.63) is 65.2 Å². The van der Waals surface area contributed by atoms with Gasteiger partial charge in [-0.15, -0.1) is 11.3 Å². The number of piperazine rings is 1. The summed E-state index contributed by atoms with van der Waals surface area (Å²) in [6.07, 6.45) is 0. The number of nitrogens with zero attached hydrogens (tertiary/aromatic N) is 3. The van der Waals surface area contributed by atoms with E-state index in [1.807, 2.05) is 29.2 Å². The van der Waals surface area contributed by atoms with Crippen molar-refractivity contribution in [3.8, 4) is 0 Å². The highest BCUT2D eigenvalue weighted by Gasteiger charge is 2.21. The van der Waals surface area contributed by atoms with Crippen LogP contribution in [0.25, 0.3) is 10.2 Å². The highest BCUT2D eigenvalue weighted by atomic mass is 32.1. The average Bonchev–Trinajstić information content (AvgIpc) is 3.10. The minimum Gasteiger partial charge on any atom is -0.331 e. The van der Waals surface area contributed by atoms with Crippen LogP contribution in [-0.4, -0.2) is 47.0 Å². The molecule has 1 fully saturated rings. The van der Waals surface area contributed by atoms with Crippen LogP contribution in [0, 0.1) is 0 Å². The summed E-state index contributed by atoms with van der Waals surface area (Å²) in [5.74, 6) is 0. The summed E-state index contributed by atoms with van der Waals surface area (Å²) in [5, 5.41) is 3.96. The topological polar surface area (TPSA) is 48.5 Å². The lowest BCUT2D eigenvalue weighted by Crippen LogP contribution is -2.51. The Hall–Kier alpha value is -2.44. The Morgan fingerprint density at radius 3 is 2.50 bits per heavy atom. The monoisotopic (exact) mass is 366 g/mol. The number of thiazole rings is 1. The van der Waals surface area contributed by atoms with Crippen LogP contribution in [0.4, 0.5) is 4.79 Å². The molecule has 0 spiro atoms. The molecule has 6 heteroatoms. The number of carbonyl (C=O) groups excluding carboxylic acids is 1. The molecule has 0 bridgehead atoms. The zero-order valence-electron chi connectivity index (χ0n) is 14.6. The maximum absolute atomic E-state index is 12.4. The van der Waals surface area contributed by atoms with Gasteiger partial charge in [-0.2, -0.15) is 0 Å². The van der Waals surface area contributed by atoms with Crippen LogP contribution in [0.2, 0.25) is 0 Å². The van der Waals surface area contributed by atoms with E-state index in [0.717, 1.165) is 47.9 Å². The second-order valence-electron chi connectivity index (χ2n) is 6.48. The first-order valence-electron chi connectivity index (χ1n) is 8.91. The van der Waals surface area contributed by atoms with Gasteiger partial charge in [0.25, 0.3) is 0 Å². The number of fused-ring (bicyclic) bond motifs is 1. The predicted octanol–water partition coefficient (Wildman–Crippen LogP) is 3.32. The summed E-state index contributed by atoms with van der Waals surface area (Å²) in [4.78, 5) is 21.3. The van der Waals surface area contributed by atoms with Gasteiger partial charge in [0.05, 0.1) is 16.8 Å². The highest BCUT2D eigenvalue weighted by molar-refractivity contribution is 7.18. The van der Waals surface area contributed by atoms with Gasteiger partial charge in [0.15, 0.2) is 0 Å². The van der Waals surface area contributed by atoms with Crippen molar-refractivity contribution >= 4 is 27.6 Å². The summed E-state index contributed by atoms with van der Waals surface area (Å²) in [6, 6.07) is 18.5. The lowest BCUT2D eigenvalue weighted by molar-refractivity contribution is 0.135. The Kier molecular flexibility index (Phi) is 5.13. The van der Waals surface area contributed by atoms with Crippen LogP contribution >= 0.6 is 11.3 Å². The quantitative estimate of drug-likeness (QED) is 0.771. The third kappa shape index (κ3) is 4.03. The van der Waals surface area contributed by atoms with Gasteiger partial charge in [0.1, 0.15) is 5.01 Å². The summed E-state index contributed by atoms with van der Waals surface area (Å²) < 4.78 is 1.16. The van der Waals surface area contributed by atoms with E-state index in [1.165, 1.54) is 5.56 Å². The fourth-order valence-corrected chi connectivity index (χ4v) is 4.12. The largest absolute Gasteiger partial charge is 0.331 e. The van der Waals surface area contributed by atoms with Gasteiger partial charge >= 0.3 is 6.03 Å². The molecule has 2 amide bonds.